The number of halogens is 4. The molecule has 2 rings (SSSR count). The van der Waals surface area contributed by atoms with Gasteiger partial charge in [0.05, 0.1) is 78.5 Å². The van der Waals surface area contributed by atoms with E-state index in [1.54, 1.807) is 0 Å². The quantitative estimate of drug-likeness (QED) is 0.140. The summed E-state index contributed by atoms with van der Waals surface area (Å²) in [6.07, 6.45) is 0. The highest BCUT2D eigenvalue weighted by molar-refractivity contribution is 7.89. The van der Waals surface area contributed by atoms with Crippen LogP contribution in [0.5, 0.6) is 11.5 Å². The molecular weight excluding hydrogens is 702 g/mol. The molecule has 0 unspecified atom stereocenters. The molecule has 0 bridgehead atoms. The first kappa shape index (κ1) is 38.5. The lowest BCUT2D eigenvalue weighted by atomic mass is 10.3. The number of hydrogen-bond donors (Lipinski definition) is 0. The minimum absolute atomic E-state index is 0.0758. The number of esters is 2. The summed E-state index contributed by atoms with van der Waals surface area (Å²) < 4.78 is 66.9. The van der Waals surface area contributed by atoms with E-state index >= 15 is 0 Å². The van der Waals surface area contributed by atoms with Gasteiger partial charge in [-0.15, -0.1) is 0 Å². The summed E-state index contributed by atoms with van der Waals surface area (Å²) in [7, 11) is 5.25. The Labute approximate surface area is 278 Å². The number of nitrogens with zero attached hydrogens (tertiary/aromatic N) is 4. The highest BCUT2D eigenvalue weighted by Gasteiger charge is 2.34. The Morgan fingerprint density at radius 1 is 0.636 bits per heavy atom. The Bertz CT molecular complexity index is 1520. The van der Waals surface area contributed by atoms with Crippen LogP contribution in [-0.2, 0) is 29.6 Å². The molecule has 12 nitrogen and oxygen atoms in total. The molecule has 44 heavy (non-hydrogen) atoms. The second-order valence-corrected chi connectivity index (χ2v) is 17.6. The van der Waals surface area contributed by atoms with Crippen molar-refractivity contribution in [2.45, 2.75) is 9.79 Å². The molecule has 0 aromatic heterocycles. The highest BCUT2D eigenvalue weighted by Crippen LogP contribution is 2.39. The monoisotopic (exact) mass is 736 g/mol. The van der Waals surface area contributed by atoms with Gasteiger partial charge in [-0.25, -0.2) is 26.4 Å². The van der Waals surface area contributed by atoms with E-state index in [9.17, 15) is 26.4 Å². The van der Waals surface area contributed by atoms with Crippen LogP contribution in [0.15, 0.2) is 34.1 Å². The van der Waals surface area contributed by atoms with Crippen molar-refractivity contribution < 1.29 is 44.9 Å². The van der Waals surface area contributed by atoms with Crippen molar-refractivity contribution in [3.05, 3.63) is 44.4 Å². The van der Waals surface area contributed by atoms with Gasteiger partial charge in [-0.3, -0.25) is 0 Å². The minimum Gasteiger partial charge on any atom is -0.415 e. The average molecular weight is 739 g/mol. The number of carbonyl (C=O) groups is 2. The lowest BCUT2D eigenvalue weighted by Crippen LogP contribution is -2.42. The van der Waals surface area contributed by atoms with Crippen LogP contribution in [0.1, 0.15) is 0 Å². The SMILES string of the molecule is CN(CC[N+](C)(C)C)S(=O)(=O)c1cc(Cl)cc(Cl)c1OC(=O)C(=O)Oc1c(Cl)cc(Cl)cc1S(=O)(=O)N(C)CC[N+](C)(C)C. The third-order valence-electron chi connectivity index (χ3n) is 6.05. The Kier molecular flexibility index (Phi) is 12.6. The van der Waals surface area contributed by atoms with E-state index in [0.29, 0.717) is 22.1 Å². The fourth-order valence-corrected chi connectivity index (χ4v) is 7.33. The summed E-state index contributed by atoms with van der Waals surface area (Å²) >= 11 is 24.5. The molecule has 0 aliphatic rings. The van der Waals surface area contributed by atoms with E-state index in [1.807, 2.05) is 42.3 Å². The average Bonchev–Trinajstić information content (AvgIpc) is 2.87. The maximum absolute atomic E-state index is 13.4. The zero-order valence-corrected chi connectivity index (χ0v) is 30.2. The standard InChI is InChI=1S/C26H36Cl4N4O8S2/c1-31(9-11-33(3,4)5)43(37,38)21-15-17(27)13-19(29)23(21)41-25(35)26(36)42-24-20(30)14-18(28)16-22(24)44(39,40)32(2)10-12-34(6,7)8/h13-16H,9-12H2,1-8H3/q+2. The van der Waals surface area contributed by atoms with Gasteiger partial charge in [0.25, 0.3) is 0 Å². The number of rotatable bonds is 12. The van der Waals surface area contributed by atoms with Crippen LogP contribution in [0.25, 0.3) is 0 Å². The van der Waals surface area contributed by atoms with Crippen molar-refractivity contribution in [2.75, 3.05) is 82.6 Å². The molecule has 2 aromatic carbocycles. The number of quaternary nitrogens is 2. The number of hydrogen-bond acceptors (Lipinski definition) is 8. The van der Waals surface area contributed by atoms with Gasteiger partial charge in [0.15, 0.2) is 11.5 Å². The van der Waals surface area contributed by atoms with E-state index in [2.05, 4.69) is 0 Å². The second kappa shape index (κ2) is 14.4. The van der Waals surface area contributed by atoms with E-state index in [-0.39, 0.29) is 33.2 Å². The highest BCUT2D eigenvalue weighted by atomic mass is 35.5. The molecule has 0 saturated heterocycles. The van der Waals surface area contributed by atoms with Gasteiger partial charge in [0, 0.05) is 24.1 Å². The van der Waals surface area contributed by atoms with Crippen molar-refractivity contribution in [2.24, 2.45) is 0 Å². The normalized spacial score (nSPS) is 13.0. The summed E-state index contributed by atoms with van der Waals surface area (Å²) in [6, 6.07) is 4.28. The molecule has 0 heterocycles. The molecular formula is C26H36Cl4N4O8S2+2. The Morgan fingerprint density at radius 2 is 0.932 bits per heavy atom. The summed E-state index contributed by atoms with van der Waals surface area (Å²) in [4.78, 5) is 24.7. The molecule has 0 aliphatic heterocycles. The molecule has 0 amide bonds. The number of ether oxygens (including phenoxy) is 2. The van der Waals surface area contributed by atoms with E-state index in [1.165, 1.54) is 14.1 Å². The largest absolute Gasteiger partial charge is 0.423 e. The fourth-order valence-electron chi connectivity index (χ4n) is 3.38. The van der Waals surface area contributed by atoms with E-state index < -0.39 is 53.3 Å². The summed E-state index contributed by atoms with van der Waals surface area (Å²) in [6.45, 7) is 1.04. The molecule has 0 N–H and O–H groups in total. The maximum Gasteiger partial charge on any atom is 0.423 e. The van der Waals surface area contributed by atoms with Crippen LogP contribution < -0.4 is 9.47 Å². The molecule has 0 spiro atoms. The van der Waals surface area contributed by atoms with Crippen molar-refractivity contribution >= 4 is 78.4 Å². The molecule has 246 valence electrons. The first-order valence-corrected chi connectivity index (χ1v) is 17.2. The fraction of sp³-hybridized carbons (Fsp3) is 0.462. The van der Waals surface area contributed by atoms with Crippen molar-refractivity contribution in [1.82, 2.24) is 8.61 Å². The molecule has 18 heteroatoms. The molecule has 0 atom stereocenters. The van der Waals surface area contributed by atoms with Gasteiger partial charge in [-0.2, -0.15) is 8.61 Å². The van der Waals surface area contributed by atoms with Crippen molar-refractivity contribution in [3.63, 3.8) is 0 Å². The predicted molar refractivity (Wildman–Crippen MR) is 170 cm³/mol. The molecule has 2 aromatic rings. The minimum atomic E-state index is -4.33. The predicted octanol–water partition coefficient (Wildman–Crippen LogP) is 3.46. The molecule has 0 aliphatic carbocycles. The summed E-state index contributed by atoms with van der Waals surface area (Å²) in [5.74, 6) is -4.78. The van der Waals surface area contributed by atoms with Crippen LogP contribution in [0, 0.1) is 0 Å². The molecule has 0 radical (unpaired) electrons. The topological polar surface area (TPSA) is 127 Å². The Morgan fingerprint density at radius 3 is 1.20 bits per heavy atom. The number of sulfonamides is 2. The van der Waals surface area contributed by atoms with Crippen molar-refractivity contribution in [1.29, 1.82) is 0 Å². The van der Waals surface area contributed by atoms with Gasteiger partial charge in [-0.1, -0.05) is 46.4 Å². The Hall–Kier alpha value is -1.72. The van der Waals surface area contributed by atoms with E-state index in [4.69, 9.17) is 55.9 Å². The van der Waals surface area contributed by atoms with Gasteiger partial charge in [-0.05, 0) is 24.3 Å². The smallest absolute Gasteiger partial charge is 0.415 e. The van der Waals surface area contributed by atoms with Gasteiger partial charge in [0.1, 0.15) is 9.79 Å². The Balaban J connectivity index is 2.45. The number of carbonyl (C=O) groups excluding carboxylic acids is 2. The lowest BCUT2D eigenvalue weighted by molar-refractivity contribution is -0.869. The third kappa shape index (κ3) is 10.1. The third-order valence-corrected chi connectivity index (χ3v) is 10.8. The maximum atomic E-state index is 13.4. The van der Waals surface area contributed by atoms with Crippen molar-refractivity contribution in [3.8, 4) is 11.5 Å². The zero-order valence-electron chi connectivity index (χ0n) is 25.5. The lowest BCUT2D eigenvalue weighted by Gasteiger charge is -2.27. The van der Waals surface area contributed by atoms with Crippen LogP contribution in [0.2, 0.25) is 20.1 Å². The first-order valence-electron chi connectivity index (χ1n) is 12.8. The first-order chi connectivity index (χ1) is 19.9. The molecule has 0 saturated carbocycles. The zero-order chi connectivity index (χ0) is 34.0. The van der Waals surface area contributed by atoms with Crippen LogP contribution in [0.4, 0.5) is 0 Å². The van der Waals surface area contributed by atoms with E-state index in [0.717, 1.165) is 32.9 Å². The summed E-state index contributed by atoms with van der Waals surface area (Å²) in [5.41, 5.74) is 0. The number of likely N-dealkylation sites (N-methyl/N-ethyl adjacent to an activating group) is 4. The van der Waals surface area contributed by atoms with Gasteiger partial charge < -0.3 is 18.4 Å². The molecule has 0 fully saturated rings. The van der Waals surface area contributed by atoms with Gasteiger partial charge >= 0.3 is 11.9 Å². The van der Waals surface area contributed by atoms with Crippen LogP contribution >= 0.6 is 46.4 Å². The number of benzene rings is 2. The van der Waals surface area contributed by atoms with Crippen LogP contribution in [0.3, 0.4) is 0 Å². The van der Waals surface area contributed by atoms with Crippen LogP contribution in [-0.4, -0.2) is 129 Å². The second-order valence-electron chi connectivity index (χ2n) is 11.9. The van der Waals surface area contributed by atoms with Gasteiger partial charge in [0.2, 0.25) is 20.0 Å². The summed E-state index contributed by atoms with van der Waals surface area (Å²) in [5, 5.41) is -0.922.